The average Bonchev–Trinajstić information content (AvgIpc) is 2.45. The number of hydrogen-bond acceptors (Lipinski definition) is 2. The highest BCUT2D eigenvalue weighted by Crippen LogP contribution is 2.26. The van der Waals surface area contributed by atoms with Crippen LogP contribution >= 0.6 is 0 Å². The van der Waals surface area contributed by atoms with Gasteiger partial charge < -0.3 is 10.2 Å². The first kappa shape index (κ1) is 14.9. The van der Waals surface area contributed by atoms with E-state index in [1.807, 2.05) is 0 Å². The first-order chi connectivity index (χ1) is 9.59. The fourth-order valence-electron chi connectivity index (χ4n) is 2.54. The van der Waals surface area contributed by atoms with E-state index in [0.29, 0.717) is 25.9 Å². The Morgan fingerprint density at radius 2 is 1.90 bits per heavy atom. The van der Waals surface area contributed by atoms with Crippen molar-refractivity contribution in [1.82, 2.24) is 10.2 Å². The maximum atomic E-state index is 13.6. The largest absolute Gasteiger partial charge is 0.340 e. The highest BCUT2D eigenvalue weighted by Gasteiger charge is 2.20. The van der Waals surface area contributed by atoms with Gasteiger partial charge in [0.05, 0.1) is 0 Å². The molecule has 0 bridgehead atoms. The molecule has 1 aromatic carbocycles. The number of carbonyl (C=O) groups excluding carboxylic acids is 1. The third-order valence-electron chi connectivity index (χ3n) is 3.75. The highest BCUT2D eigenvalue weighted by atomic mass is 19.1. The minimum atomic E-state index is -0.535. The summed E-state index contributed by atoms with van der Waals surface area (Å²) < 4.78 is 27.3. The number of rotatable bonds is 4. The van der Waals surface area contributed by atoms with Gasteiger partial charge in [-0.2, -0.15) is 0 Å². The van der Waals surface area contributed by atoms with Crippen LogP contribution in [0.5, 0.6) is 0 Å². The van der Waals surface area contributed by atoms with Crippen molar-refractivity contribution in [3.8, 4) is 0 Å². The quantitative estimate of drug-likeness (QED) is 0.919. The fraction of sp³-hybridized carbons (Fsp3) is 0.533. The molecule has 1 atom stereocenters. The van der Waals surface area contributed by atoms with Gasteiger partial charge in [0.1, 0.15) is 11.6 Å². The zero-order valence-electron chi connectivity index (χ0n) is 11.7. The second kappa shape index (κ2) is 6.79. The number of piperazine rings is 1. The normalized spacial score (nSPS) is 17.1. The predicted molar refractivity (Wildman–Crippen MR) is 73.5 cm³/mol. The van der Waals surface area contributed by atoms with Crippen LogP contribution in [0.2, 0.25) is 0 Å². The van der Waals surface area contributed by atoms with Crippen LogP contribution in [0.1, 0.15) is 31.2 Å². The summed E-state index contributed by atoms with van der Waals surface area (Å²) in [7, 11) is 0. The van der Waals surface area contributed by atoms with E-state index in [1.165, 1.54) is 18.2 Å². The van der Waals surface area contributed by atoms with Crippen molar-refractivity contribution >= 4 is 5.91 Å². The first-order valence-corrected chi connectivity index (χ1v) is 7.02. The first-order valence-electron chi connectivity index (χ1n) is 7.02. The Kier molecular flexibility index (Phi) is 5.06. The SMILES string of the molecule is CC(CCC(=O)N1CCNCC1)c1c(F)cccc1F. The fourth-order valence-corrected chi connectivity index (χ4v) is 2.54. The van der Waals surface area contributed by atoms with Crippen molar-refractivity contribution in [3.63, 3.8) is 0 Å². The highest BCUT2D eigenvalue weighted by molar-refractivity contribution is 5.76. The lowest BCUT2D eigenvalue weighted by Gasteiger charge is -2.28. The zero-order chi connectivity index (χ0) is 14.5. The van der Waals surface area contributed by atoms with E-state index in [0.717, 1.165) is 13.1 Å². The summed E-state index contributed by atoms with van der Waals surface area (Å²) in [6.45, 7) is 4.79. The summed E-state index contributed by atoms with van der Waals surface area (Å²) in [6, 6.07) is 3.87. The molecule has 1 aliphatic rings. The van der Waals surface area contributed by atoms with Gasteiger partial charge in [0, 0.05) is 38.2 Å². The Labute approximate surface area is 118 Å². The molecule has 1 aliphatic heterocycles. The summed E-state index contributed by atoms with van der Waals surface area (Å²) in [4.78, 5) is 13.8. The summed E-state index contributed by atoms with van der Waals surface area (Å²) >= 11 is 0. The molecular weight excluding hydrogens is 262 g/mol. The predicted octanol–water partition coefficient (Wildman–Crippen LogP) is 2.28. The number of benzene rings is 1. The third-order valence-corrected chi connectivity index (χ3v) is 3.75. The van der Waals surface area contributed by atoms with Gasteiger partial charge in [0.2, 0.25) is 5.91 Å². The van der Waals surface area contributed by atoms with Gasteiger partial charge in [-0.25, -0.2) is 8.78 Å². The van der Waals surface area contributed by atoms with Crippen LogP contribution in [0.3, 0.4) is 0 Å². The molecule has 1 fully saturated rings. The molecule has 1 unspecified atom stereocenters. The molecule has 5 heteroatoms. The molecule has 0 spiro atoms. The number of nitrogens with one attached hydrogen (secondary N) is 1. The van der Waals surface area contributed by atoms with Crippen LogP contribution in [0, 0.1) is 11.6 Å². The molecule has 1 amide bonds. The van der Waals surface area contributed by atoms with Crippen molar-refractivity contribution in [1.29, 1.82) is 0 Å². The zero-order valence-corrected chi connectivity index (χ0v) is 11.7. The number of carbonyl (C=O) groups is 1. The summed E-state index contributed by atoms with van der Waals surface area (Å²) in [6.07, 6.45) is 0.787. The van der Waals surface area contributed by atoms with Crippen molar-refractivity contribution < 1.29 is 13.6 Å². The molecule has 110 valence electrons. The van der Waals surface area contributed by atoms with E-state index in [1.54, 1.807) is 11.8 Å². The number of hydrogen-bond donors (Lipinski definition) is 1. The van der Waals surface area contributed by atoms with Crippen molar-refractivity contribution in [2.45, 2.75) is 25.7 Å². The molecule has 0 aliphatic carbocycles. The summed E-state index contributed by atoms with van der Waals surface area (Å²) in [5, 5.41) is 3.18. The molecule has 1 saturated heterocycles. The van der Waals surface area contributed by atoms with Crippen molar-refractivity contribution in [2.75, 3.05) is 26.2 Å². The summed E-state index contributed by atoms with van der Waals surface area (Å²) in [5.41, 5.74) is 0.0839. The van der Waals surface area contributed by atoms with Crippen LogP contribution in [-0.2, 0) is 4.79 Å². The Bertz CT molecular complexity index is 453. The molecule has 0 saturated carbocycles. The molecule has 1 N–H and O–H groups in total. The molecule has 2 rings (SSSR count). The number of halogens is 2. The Morgan fingerprint density at radius 1 is 1.30 bits per heavy atom. The minimum absolute atomic E-state index is 0.0649. The maximum absolute atomic E-state index is 13.6. The van der Waals surface area contributed by atoms with Gasteiger partial charge >= 0.3 is 0 Å². The lowest BCUT2D eigenvalue weighted by molar-refractivity contribution is -0.131. The minimum Gasteiger partial charge on any atom is -0.340 e. The number of nitrogens with zero attached hydrogens (tertiary/aromatic N) is 1. The molecule has 1 aromatic rings. The smallest absolute Gasteiger partial charge is 0.222 e. The standard InChI is InChI=1S/C15H20F2N2O/c1-11(15-12(16)3-2-4-13(15)17)5-6-14(20)19-9-7-18-8-10-19/h2-4,11,18H,5-10H2,1H3. The van der Waals surface area contributed by atoms with Gasteiger partial charge in [-0.05, 0) is 24.5 Å². The van der Waals surface area contributed by atoms with E-state index in [-0.39, 0.29) is 17.4 Å². The van der Waals surface area contributed by atoms with Crippen LogP contribution in [-0.4, -0.2) is 37.0 Å². The average molecular weight is 282 g/mol. The maximum Gasteiger partial charge on any atom is 0.222 e. The lowest BCUT2D eigenvalue weighted by Crippen LogP contribution is -2.46. The van der Waals surface area contributed by atoms with E-state index in [9.17, 15) is 13.6 Å². The molecule has 0 radical (unpaired) electrons. The second-order valence-electron chi connectivity index (χ2n) is 5.21. The van der Waals surface area contributed by atoms with Gasteiger partial charge in [-0.15, -0.1) is 0 Å². The second-order valence-corrected chi connectivity index (χ2v) is 5.21. The number of amides is 1. The van der Waals surface area contributed by atoms with Crippen LogP contribution < -0.4 is 5.32 Å². The van der Waals surface area contributed by atoms with Gasteiger partial charge in [0.25, 0.3) is 0 Å². The summed E-state index contributed by atoms with van der Waals surface area (Å²) in [5.74, 6) is -1.31. The Morgan fingerprint density at radius 3 is 2.50 bits per heavy atom. The van der Waals surface area contributed by atoms with Crippen molar-refractivity contribution in [3.05, 3.63) is 35.4 Å². The third kappa shape index (κ3) is 3.54. The van der Waals surface area contributed by atoms with Crippen LogP contribution in [0.4, 0.5) is 8.78 Å². The molecular formula is C15H20F2N2O. The lowest BCUT2D eigenvalue weighted by atomic mass is 9.95. The molecule has 20 heavy (non-hydrogen) atoms. The van der Waals surface area contributed by atoms with Crippen LogP contribution in [0.15, 0.2) is 18.2 Å². The van der Waals surface area contributed by atoms with E-state index >= 15 is 0 Å². The Balaban J connectivity index is 1.91. The Hall–Kier alpha value is -1.49. The topological polar surface area (TPSA) is 32.3 Å². The van der Waals surface area contributed by atoms with E-state index < -0.39 is 11.6 Å². The van der Waals surface area contributed by atoms with Crippen molar-refractivity contribution in [2.24, 2.45) is 0 Å². The van der Waals surface area contributed by atoms with Gasteiger partial charge in [-0.1, -0.05) is 13.0 Å². The van der Waals surface area contributed by atoms with Gasteiger partial charge in [0.15, 0.2) is 0 Å². The molecule has 3 nitrogen and oxygen atoms in total. The monoisotopic (exact) mass is 282 g/mol. The van der Waals surface area contributed by atoms with Crippen LogP contribution in [0.25, 0.3) is 0 Å². The molecule has 1 heterocycles. The van der Waals surface area contributed by atoms with E-state index in [4.69, 9.17) is 0 Å². The van der Waals surface area contributed by atoms with Gasteiger partial charge in [-0.3, -0.25) is 4.79 Å². The molecule has 0 aromatic heterocycles. The van der Waals surface area contributed by atoms with E-state index in [2.05, 4.69) is 5.32 Å².